The molecule has 8 nitrogen and oxygen atoms in total. The second-order valence-electron chi connectivity index (χ2n) is 2.95. The van der Waals surface area contributed by atoms with Crippen LogP contribution in [-0.4, -0.2) is 31.3 Å². The smallest absolute Gasteiger partial charge is 0.307 e. The van der Waals surface area contributed by atoms with E-state index in [1.807, 2.05) is 0 Å². The molecule has 0 aliphatic rings. The molecule has 0 fully saturated rings. The Balaban J connectivity index is 2.17. The average molecular weight is 240 g/mol. The number of hydrogen-bond acceptors (Lipinski definition) is 7. The van der Waals surface area contributed by atoms with Gasteiger partial charge < -0.3 is 5.32 Å². The molecule has 0 saturated carbocycles. The first-order chi connectivity index (χ1) is 7.70. The predicted molar refractivity (Wildman–Crippen MR) is 57.4 cm³/mol. The summed E-state index contributed by atoms with van der Waals surface area (Å²) in [5.41, 5.74) is 0.680. The monoisotopic (exact) mass is 240 g/mol. The fraction of sp³-hybridized carbons (Fsp3) is 0.286. The zero-order valence-corrected chi connectivity index (χ0v) is 9.14. The van der Waals surface area contributed by atoms with Crippen LogP contribution in [0.3, 0.4) is 0 Å². The average Bonchev–Trinajstić information content (AvgIpc) is 2.87. The molecule has 16 heavy (non-hydrogen) atoms. The molecular formula is C7H8N6O2S. The van der Waals surface area contributed by atoms with Crippen LogP contribution in [0.2, 0.25) is 0 Å². The van der Waals surface area contributed by atoms with Crippen LogP contribution in [0, 0.1) is 10.1 Å². The quantitative estimate of drug-likeness (QED) is 0.624. The molecule has 0 atom stereocenters. The summed E-state index contributed by atoms with van der Waals surface area (Å²) >= 11 is 1.23. The summed E-state index contributed by atoms with van der Waals surface area (Å²) in [5.74, 6) is 0. The van der Waals surface area contributed by atoms with Crippen molar-refractivity contribution in [3.05, 3.63) is 28.2 Å². The van der Waals surface area contributed by atoms with Crippen molar-refractivity contribution in [2.45, 2.75) is 6.54 Å². The summed E-state index contributed by atoms with van der Waals surface area (Å²) in [6, 6.07) is 0. The van der Waals surface area contributed by atoms with Gasteiger partial charge in [-0.3, -0.25) is 14.8 Å². The SMILES string of the molecule is CNc1snnc1Cn1cc([N+](=O)[O-])cn1. The molecular weight excluding hydrogens is 232 g/mol. The van der Waals surface area contributed by atoms with Crippen LogP contribution in [0.1, 0.15) is 5.69 Å². The van der Waals surface area contributed by atoms with Crippen LogP contribution < -0.4 is 5.32 Å². The summed E-state index contributed by atoms with van der Waals surface area (Å²) in [5, 5.41) is 22.0. The first-order valence-electron chi connectivity index (χ1n) is 4.36. The molecule has 0 unspecified atom stereocenters. The molecule has 9 heteroatoms. The summed E-state index contributed by atoms with van der Waals surface area (Å²) in [6.45, 7) is 0.362. The maximum Gasteiger partial charge on any atom is 0.307 e. The number of rotatable bonds is 4. The van der Waals surface area contributed by atoms with Gasteiger partial charge in [-0.2, -0.15) is 5.10 Å². The van der Waals surface area contributed by atoms with E-state index in [0.717, 1.165) is 5.00 Å². The molecule has 2 rings (SSSR count). The molecule has 0 amide bonds. The minimum Gasteiger partial charge on any atom is -0.377 e. The Morgan fingerprint density at radius 2 is 2.50 bits per heavy atom. The van der Waals surface area contributed by atoms with Crippen LogP contribution in [0.15, 0.2) is 12.4 Å². The van der Waals surface area contributed by atoms with Crippen molar-refractivity contribution in [3.63, 3.8) is 0 Å². The number of nitrogens with zero attached hydrogens (tertiary/aromatic N) is 5. The zero-order valence-electron chi connectivity index (χ0n) is 8.32. The van der Waals surface area contributed by atoms with Gasteiger partial charge in [-0.05, 0) is 0 Å². The van der Waals surface area contributed by atoms with Gasteiger partial charge >= 0.3 is 5.69 Å². The third kappa shape index (κ3) is 1.98. The largest absolute Gasteiger partial charge is 0.377 e. The van der Waals surface area contributed by atoms with Gasteiger partial charge in [-0.1, -0.05) is 4.49 Å². The highest BCUT2D eigenvalue weighted by Crippen LogP contribution is 2.18. The summed E-state index contributed by atoms with van der Waals surface area (Å²) in [7, 11) is 1.77. The van der Waals surface area contributed by atoms with Gasteiger partial charge in [0.2, 0.25) is 0 Å². The number of anilines is 1. The molecule has 1 N–H and O–H groups in total. The van der Waals surface area contributed by atoms with Crippen LogP contribution in [0.25, 0.3) is 0 Å². The summed E-state index contributed by atoms with van der Waals surface area (Å²) < 4.78 is 5.24. The van der Waals surface area contributed by atoms with Crippen molar-refractivity contribution in [3.8, 4) is 0 Å². The zero-order chi connectivity index (χ0) is 11.5. The van der Waals surface area contributed by atoms with E-state index in [4.69, 9.17) is 0 Å². The van der Waals surface area contributed by atoms with Gasteiger partial charge in [0.25, 0.3) is 0 Å². The van der Waals surface area contributed by atoms with Crippen LogP contribution in [-0.2, 0) is 6.54 Å². The van der Waals surface area contributed by atoms with Gasteiger partial charge in [0, 0.05) is 18.6 Å². The fourth-order valence-electron chi connectivity index (χ4n) is 1.19. The van der Waals surface area contributed by atoms with Gasteiger partial charge in [-0.15, -0.1) is 5.10 Å². The highest BCUT2D eigenvalue weighted by atomic mass is 32.1. The Morgan fingerprint density at radius 3 is 3.12 bits per heavy atom. The normalized spacial score (nSPS) is 10.3. The van der Waals surface area contributed by atoms with E-state index < -0.39 is 4.92 Å². The number of aromatic nitrogens is 4. The molecule has 0 saturated heterocycles. The lowest BCUT2D eigenvalue weighted by Gasteiger charge is -1.99. The Morgan fingerprint density at radius 1 is 1.69 bits per heavy atom. The molecule has 2 aromatic rings. The minimum atomic E-state index is -0.484. The van der Waals surface area contributed by atoms with E-state index in [1.54, 1.807) is 7.05 Å². The van der Waals surface area contributed by atoms with Gasteiger partial charge in [0.15, 0.2) is 0 Å². The molecule has 0 aliphatic heterocycles. The third-order valence-electron chi connectivity index (χ3n) is 1.93. The van der Waals surface area contributed by atoms with Crippen molar-refractivity contribution in [2.75, 3.05) is 12.4 Å². The summed E-state index contributed by atoms with van der Waals surface area (Å²) in [4.78, 5) is 9.97. The van der Waals surface area contributed by atoms with Gasteiger partial charge in [0.05, 0.1) is 11.5 Å². The highest BCUT2D eigenvalue weighted by Gasteiger charge is 2.12. The number of hydrogen-bond donors (Lipinski definition) is 1. The molecule has 84 valence electrons. The van der Waals surface area contributed by atoms with Crippen LogP contribution in [0.4, 0.5) is 10.7 Å². The Kier molecular flexibility index (Phi) is 2.77. The molecule has 0 aliphatic carbocycles. The molecule has 2 heterocycles. The number of nitrogens with one attached hydrogen (secondary N) is 1. The molecule has 0 spiro atoms. The second kappa shape index (κ2) is 4.23. The van der Waals surface area contributed by atoms with Crippen molar-refractivity contribution >= 4 is 22.2 Å². The Bertz CT molecular complexity index is 506. The van der Waals surface area contributed by atoms with E-state index in [0.29, 0.717) is 12.2 Å². The standard InChI is InChI=1S/C7H8N6O2S/c1-8-7-6(10-11-16-7)4-12-3-5(2-9-12)13(14)15/h2-3,8H,4H2,1H3. The number of nitro groups is 1. The first-order valence-corrected chi connectivity index (χ1v) is 5.14. The van der Waals surface area contributed by atoms with E-state index in [9.17, 15) is 10.1 Å². The van der Waals surface area contributed by atoms with E-state index in [2.05, 4.69) is 20.0 Å². The van der Waals surface area contributed by atoms with Crippen molar-refractivity contribution in [2.24, 2.45) is 0 Å². The lowest BCUT2D eigenvalue weighted by Crippen LogP contribution is -2.02. The fourth-order valence-corrected chi connectivity index (χ4v) is 1.71. The maximum atomic E-state index is 10.5. The van der Waals surface area contributed by atoms with Crippen molar-refractivity contribution in [1.82, 2.24) is 19.4 Å². The summed E-state index contributed by atoms with van der Waals surface area (Å²) in [6.07, 6.45) is 2.57. The van der Waals surface area contributed by atoms with Crippen molar-refractivity contribution in [1.29, 1.82) is 0 Å². The second-order valence-corrected chi connectivity index (χ2v) is 3.71. The molecule has 0 aromatic carbocycles. The van der Waals surface area contributed by atoms with E-state index in [-0.39, 0.29) is 5.69 Å². The molecule has 2 aromatic heterocycles. The van der Waals surface area contributed by atoms with Gasteiger partial charge in [0.1, 0.15) is 23.1 Å². The van der Waals surface area contributed by atoms with Gasteiger partial charge in [-0.25, -0.2) is 0 Å². The van der Waals surface area contributed by atoms with Crippen LogP contribution >= 0.6 is 11.5 Å². The van der Waals surface area contributed by atoms with Crippen LogP contribution in [0.5, 0.6) is 0 Å². The minimum absolute atomic E-state index is 0.0332. The third-order valence-corrected chi connectivity index (χ3v) is 2.71. The van der Waals surface area contributed by atoms with E-state index >= 15 is 0 Å². The first kappa shape index (κ1) is 10.5. The van der Waals surface area contributed by atoms with E-state index in [1.165, 1.54) is 28.6 Å². The highest BCUT2D eigenvalue weighted by molar-refractivity contribution is 7.10. The lowest BCUT2D eigenvalue weighted by atomic mass is 10.4. The molecule has 0 radical (unpaired) electrons. The molecule has 0 bridgehead atoms. The Hall–Kier alpha value is -2.03. The topological polar surface area (TPSA) is 98.8 Å². The lowest BCUT2D eigenvalue weighted by molar-refractivity contribution is -0.385. The Labute approximate surface area is 94.2 Å². The predicted octanol–water partition coefficient (Wildman–Crippen LogP) is 0.733. The maximum absolute atomic E-state index is 10.5. The van der Waals surface area contributed by atoms with Crippen molar-refractivity contribution < 1.29 is 4.92 Å².